The summed E-state index contributed by atoms with van der Waals surface area (Å²) < 4.78 is 6.82. The van der Waals surface area contributed by atoms with Crippen LogP contribution in [0.15, 0.2) is 59.1 Å². The summed E-state index contributed by atoms with van der Waals surface area (Å²) in [7, 11) is 0. The van der Waals surface area contributed by atoms with Gasteiger partial charge in [0.25, 0.3) is 0 Å². The zero-order valence-electron chi connectivity index (χ0n) is 10.9. The largest absolute Gasteiger partial charge is 0.439 e. The van der Waals surface area contributed by atoms with Crippen LogP contribution < -0.4 is 10.5 Å². The Bertz CT molecular complexity index is 835. The summed E-state index contributed by atoms with van der Waals surface area (Å²) >= 11 is 8.38. The summed E-state index contributed by atoms with van der Waals surface area (Å²) in [6, 6.07) is 17.3. The molecule has 0 fully saturated rings. The molecule has 0 aliphatic carbocycles. The molecule has 0 spiro atoms. The number of halogens is 1. The van der Waals surface area contributed by atoms with Crippen molar-refractivity contribution < 1.29 is 4.74 Å². The number of aromatic nitrogens is 1. The smallest absolute Gasteiger partial charge is 0.219 e. The Morgan fingerprint density at radius 2 is 1.81 bits per heavy atom. The second-order valence-corrected chi connectivity index (χ2v) is 5.84. The van der Waals surface area contributed by atoms with Crippen LogP contribution in [0.4, 0.5) is 0 Å². The number of hydrogen-bond acceptors (Lipinski definition) is 3. The lowest BCUT2D eigenvalue weighted by Crippen LogP contribution is -2.11. The molecule has 5 heteroatoms. The molecule has 0 radical (unpaired) electrons. The molecule has 0 atom stereocenters. The van der Waals surface area contributed by atoms with Crippen molar-refractivity contribution in [2.24, 2.45) is 5.73 Å². The van der Waals surface area contributed by atoms with Gasteiger partial charge in [-0.1, -0.05) is 46.3 Å². The molecule has 0 bridgehead atoms. The minimum Gasteiger partial charge on any atom is -0.439 e. The van der Waals surface area contributed by atoms with Gasteiger partial charge < -0.3 is 10.5 Å². The third kappa shape index (κ3) is 3.20. The van der Waals surface area contributed by atoms with Crippen molar-refractivity contribution in [2.45, 2.75) is 0 Å². The van der Waals surface area contributed by atoms with Crippen LogP contribution in [0.3, 0.4) is 0 Å². The van der Waals surface area contributed by atoms with Crippen molar-refractivity contribution in [1.29, 1.82) is 0 Å². The summed E-state index contributed by atoms with van der Waals surface area (Å²) in [5.74, 6) is 1.19. The molecule has 3 rings (SSSR count). The Kier molecular flexibility index (Phi) is 3.86. The van der Waals surface area contributed by atoms with Gasteiger partial charge in [-0.3, -0.25) is 0 Å². The van der Waals surface area contributed by atoms with E-state index in [2.05, 4.69) is 27.0 Å². The standard InChI is InChI=1S/C16H11BrN2OS/c17-12-6-4-11-9-13(7-5-10(11)8-12)20-15-3-1-2-14(19-15)16(18)21/h1-9H,(H2,18,21). The average Bonchev–Trinajstić information content (AvgIpc) is 2.48. The first kappa shape index (κ1) is 14.0. The summed E-state index contributed by atoms with van der Waals surface area (Å²) in [4.78, 5) is 4.52. The van der Waals surface area contributed by atoms with Gasteiger partial charge in [-0.25, -0.2) is 4.98 Å². The van der Waals surface area contributed by atoms with Crippen LogP contribution in [-0.4, -0.2) is 9.97 Å². The van der Waals surface area contributed by atoms with E-state index in [1.54, 1.807) is 12.1 Å². The van der Waals surface area contributed by atoms with Gasteiger partial charge in [0.2, 0.25) is 5.88 Å². The number of hydrogen-bond donors (Lipinski definition) is 1. The van der Waals surface area contributed by atoms with Gasteiger partial charge >= 0.3 is 0 Å². The third-order valence-corrected chi connectivity index (χ3v) is 3.67. The van der Waals surface area contributed by atoms with Crippen molar-refractivity contribution in [3.05, 3.63) is 64.8 Å². The predicted octanol–water partition coefficient (Wildman–Crippen LogP) is 4.42. The molecular formula is C16H11BrN2OS. The normalized spacial score (nSPS) is 10.5. The highest BCUT2D eigenvalue weighted by Crippen LogP contribution is 2.26. The number of nitrogens with two attached hydrogens (primary N) is 1. The van der Waals surface area contributed by atoms with Crippen molar-refractivity contribution >= 4 is 43.9 Å². The van der Waals surface area contributed by atoms with E-state index in [1.165, 1.54) is 0 Å². The Balaban J connectivity index is 1.92. The molecule has 1 heterocycles. The van der Waals surface area contributed by atoms with Crippen molar-refractivity contribution in [1.82, 2.24) is 4.98 Å². The highest BCUT2D eigenvalue weighted by molar-refractivity contribution is 9.10. The van der Waals surface area contributed by atoms with Crippen molar-refractivity contribution in [2.75, 3.05) is 0 Å². The second kappa shape index (κ2) is 5.79. The van der Waals surface area contributed by atoms with Crippen LogP contribution in [0.25, 0.3) is 10.8 Å². The van der Waals surface area contributed by atoms with Crippen molar-refractivity contribution in [3.63, 3.8) is 0 Å². The number of fused-ring (bicyclic) bond motifs is 1. The summed E-state index contributed by atoms with van der Waals surface area (Å²) in [6.07, 6.45) is 0. The van der Waals surface area contributed by atoms with Crippen LogP contribution in [0.5, 0.6) is 11.6 Å². The van der Waals surface area contributed by atoms with E-state index in [1.807, 2.05) is 36.4 Å². The molecular weight excluding hydrogens is 348 g/mol. The first-order valence-corrected chi connectivity index (χ1v) is 7.46. The van der Waals surface area contributed by atoms with Crippen LogP contribution >= 0.6 is 28.1 Å². The molecule has 2 aromatic carbocycles. The van der Waals surface area contributed by atoms with Crippen LogP contribution in [0.1, 0.15) is 5.69 Å². The van der Waals surface area contributed by atoms with Crippen LogP contribution in [0.2, 0.25) is 0 Å². The number of thiocarbonyl (C=S) groups is 1. The van der Waals surface area contributed by atoms with Crippen molar-refractivity contribution in [3.8, 4) is 11.6 Å². The third-order valence-electron chi connectivity index (χ3n) is 2.97. The summed E-state index contributed by atoms with van der Waals surface area (Å²) in [5.41, 5.74) is 6.12. The Morgan fingerprint density at radius 1 is 1.05 bits per heavy atom. The molecule has 21 heavy (non-hydrogen) atoms. The quantitative estimate of drug-likeness (QED) is 0.703. The minimum absolute atomic E-state index is 0.254. The second-order valence-electron chi connectivity index (χ2n) is 4.48. The lowest BCUT2D eigenvalue weighted by Gasteiger charge is -2.07. The molecule has 0 saturated heterocycles. The average molecular weight is 359 g/mol. The first-order valence-electron chi connectivity index (χ1n) is 6.26. The topological polar surface area (TPSA) is 48.1 Å². The maximum absolute atomic E-state index is 5.77. The number of nitrogens with zero attached hydrogens (tertiary/aromatic N) is 1. The Hall–Kier alpha value is -1.98. The van der Waals surface area contributed by atoms with Gasteiger partial charge in [0, 0.05) is 10.5 Å². The van der Waals surface area contributed by atoms with E-state index in [4.69, 9.17) is 22.7 Å². The van der Waals surface area contributed by atoms with Gasteiger partial charge in [0.1, 0.15) is 16.4 Å². The molecule has 3 nitrogen and oxygen atoms in total. The van der Waals surface area contributed by atoms with Crippen LogP contribution in [0, 0.1) is 0 Å². The monoisotopic (exact) mass is 358 g/mol. The highest BCUT2D eigenvalue weighted by atomic mass is 79.9. The zero-order chi connectivity index (χ0) is 14.8. The zero-order valence-corrected chi connectivity index (χ0v) is 13.3. The molecule has 0 saturated carbocycles. The fraction of sp³-hybridized carbons (Fsp3) is 0. The van der Waals surface area contributed by atoms with Gasteiger partial charge in [-0.05, 0) is 41.1 Å². The first-order chi connectivity index (χ1) is 10.1. The van der Waals surface area contributed by atoms with E-state index in [0.717, 1.165) is 21.0 Å². The van der Waals surface area contributed by atoms with E-state index < -0.39 is 0 Å². The molecule has 0 aliphatic heterocycles. The molecule has 104 valence electrons. The fourth-order valence-electron chi connectivity index (χ4n) is 1.99. The molecule has 3 aromatic rings. The number of rotatable bonds is 3. The Morgan fingerprint density at radius 3 is 2.62 bits per heavy atom. The number of pyridine rings is 1. The Labute approximate surface area is 135 Å². The highest BCUT2D eigenvalue weighted by Gasteiger charge is 2.04. The maximum atomic E-state index is 5.77. The van der Waals surface area contributed by atoms with Gasteiger partial charge in [-0.2, -0.15) is 0 Å². The molecule has 0 unspecified atom stereocenters. The summed E-state index contributed by atoms with van der Waals surface area (Å²) in [5, 5.41) is 2.24. The van der Waals surface area contributed by atoms with E-state index in [0.29, 0.717) is 11.6 Å². The van der Waals surface area contributed by atoms with Gasteiger partial charge in [0.15, 0.2) is 0 Å². The van der Waals surface area contributed by atoms with E-state index in [-0.39, 0.29) is 4.99 Å². The molecule has 0 aliphatic rings. The van der Waals surface area contributed by atoms with Gasteiger partial charge in [0.05, 0.1) is 0 Å². The molecule has 1 aromatic heterocycles. The van der Waals surface area contributed by atoms with Gasteiger partial charge in [-0.15, -0.1) is 0 Å². The predicted molar refractivity (Wildman–Crippen MR) is 91.8 cm³/mol. The summed E-state index contributed by atoms with van der Waals surface area (Å²) in [6.45, 7) is 0. The van der Waals surface area contributed by atoms with E-state index in [9.17, 15) is 0 Å². The fourth-order valence-corrected chi connectivity index (χ4v) is 2.48. The lowest BCUT2D eigenvalue weighted by molar-refractivity contribution is 0.463. The number of benzene rings is 2. The lowest BCUT2D eigenvalue weighted by atomic mass is 10.1. The van der Waals surface area contributed by atoms with Crippen LogP contribution in [-0.2, 0) is 0 Å². The molecule has 2 N–H and O–H groups in total. The number of ether oxygens (including phenoxy) is 1. The maximum Gasteiger partial charge on any atom is 0.219 e. The SMILES string of the molecule is NC(=S)c1cccc(Oc2ccc3cc(Br)ccc3c2)n1. The molecule has 0 amide bonds. The van der Waals surface area contributed by atoms with E-state index >= 15 is 0 Å². The minimum atomic E-state index is 0.254.